The zero-order chi connectivity index (χ0) is 17.7. The number of thiazole rings is 1. The highest BCUT2D eigenvalue weighted by Gasteiger charge is 2.16. The molecule has 2 aromatic rings. The minimum atomic E-state index is -0.685. The highest BCUT2D eigenvalue weighted by atomic mass is 32.1. The molecular weight excluding hydrogens is 336 g/mol. The summed E-state index contributed by atoms with van der Waals surface area (Å²) >= 11 is 1.09. The molecule has 2 N–H and O–H groups in total. The Labute approximate surface area is 140 Å². The van der Waals surface area contributed by atoms with Crippen molar-refractivity contribution >= 4 is 34.3 Å². The van der Waals surface area contributed by atoms with E-state index in [1.807, 2.05) is 0 Å². The Bertz CT molecular complexity index is 802. The first-order valence-electron chi connectivity index (χ1n) is 6.83. The molecule has 9 nitrogen and oxygen atoms in total. The average molecular weight is 350 g/mol. The molecule has 0 aliphatic rings. The normalized spacial score (nSPS) is 10.8. The van der Waals surface area contributed by atoms with Crippen LogP contribution < -0.4 is 5.43 Å². The van der Waals surface area contributed by atoms with Gasteiger partial charge in [-0.25, -0.2) is 9.78 Å². The fourth-order valence-corrected chi connectivity index (χ4v) is 2.57. The van der Waals surface area contributed by atoms with Crippen molar-refractivity contribution in [2.24, 2.45) is 5.10 Å². The molecule has 0 amide bonds. The molecule has 126 valence electrons. The Morgan fingerprint density at radius 2 is 2.33 bits per heavy atom. The van der Waals surface area contributed by atoms with Gasteiger partial charge in [-0.05, 0) is 26.0 Å². The number of esters is 1. The van der Waals surface area contributed by atoms with Crippen molar-refractivity contribution in [2.75, 3.05) is 12.0 Å². The summed E-state index contributed by atoms with van der Waals surface area (Å²) in [5.74, 6) is -0.863. The van der Waals surface area contributed by atoms with E-state index in [0.29, 0.717) is 21.3 Å². The summed E-state index contributed by atoms with van der Waals surface area (Å²) in [6.45, 7) is 3.67. The van der Waals surface area contributed by atoms with Crippen molar-refractivity contribution in [1.82, 2.24) is 4.98 Å². The molecular formula is C14H14N4O5S. The topological polar surface area (TPSA) is 127 Å². The van der Waals surface area contributed by atoms with E-state index in [0.717, 1.165) is 11.3 Å². The second-order valence-corrected chi connectivity index (χ2v) is 5.53. The van der Waals surface area contributed by atoms with Gasteiger partial charge in [0.15, 0.2) is 5.75 Å². The Morgan fingerprint density at radius 3 is 3.00 bits per heavy atom. The Balaban J connectivity index is 2.10. The van der Waals surface area contributed by atoms with Crippen LogP contribution in [0.5, 0.6) is 5.75 Å². The predicted octanol–water partition coefficient (Wildman–Crippen LogP) is 2.69. The summed E-state index contributed by atoms with van der Waals surface area (Å²) in [5, 5.41) is 24.5. The number of anilines is 1. The number of aromatic nitrogens is 1. The number of rotatable bonds is 6. The van der Waals surface area contributed by atoms with E-state index in [1.165, 1.54) is 24.4 Å². The molecule has 0 atom stereocenters. The van der Waals surface area contributed by atoms with Crippen molar-refractivity contribution in [1.29, 1.82) is 0 Å². The van der Waals surface area contributed by atoms with Crippen LogP contribution in [0.15, 0.2) is 23.3 Å². The van der Waals surface area contributed by atoms with Crippen LogP contribution in [0, 0.1) is 17.0 Å². The molecule has 0 aliphatic heterocycles. The lowest BCUT2D eigenvalue weighted by molar-refractivity contribution is -0.385. The van der Waals surface area contributed by atoms with Gasteiger partial charge in [-0.2, -0.15) is 5.10 Å². The third-order valence-corrected chi connectivity index (χ3v) is 3.87. The number of hydrazone groups is 1. The van der Waals surface area contributed by atoms with Crippen LogP contribution in [0.25, 0.3) is 0 Å². The first-order valence-corrected chi connectivity index (χ1v) is 7.65. The lowest BCUT2D eigenvalue weighted by atomic mass is 10.2. The molecule has 0 aliphatic carbocycles. The first kappa shape index (κ1) is 17.3. The van der Waals surface area contributed by atoms with E-state index in [2.05, 4.69) is 15.5 Å². The first-order chi connectivity index (χ1) is 11.4. The van der Waals surface area contributed by atoms with E-state index in [4.69, 9.17) is 4.74 Å². The van der Waals surface area contributed by atoms with E-state index >= 15 is 0 Å². The number of hydrogen-bond donors (Lipinski definition) is 2. The van der Waals surface area contributed by atoms with E-state index in [-0.39, 0.29) is 6.61 Å². The standard InChI is InChI=1S/C14H14N4O5S/c1-3-23-13(20)12-8(2)16-14(24-12)17-15-7-9-4-5-11(19)10(6-9)18(21)22/h4-7,19H,3H2,1-2H3,(H,16,17)/b15-7+. The summed E-state index contributed by atoms with van der Waals surface area (Å²) in [6, 6.07) is 3.88. The van der Waals surface area contributed by atoms with Gasteiger partial charge in [-0.1, -0.05) is 11.3 Å². The molecule has 0 saturated heterocycles. The van der Waals surface area contributed by atoms with Crippen molar-refractivity contribution < 1.29 is 19.6 Å². The molecule has 24 heavy (non-hydrogen) atoms. The summed E-state index contributed by atoms with van der Waals surface area (Å²) in [7, 11) is 0. The summed E-state index contributed by atoms with van der Waals surface area (Å²) in [5.41, 5.74) is 3.19. The van der Waals surface area contributed by atoms with E-state index < -0.39 is 22.3 Å². The van der Waals surface area contributed by atoms with E-state index in [9.17, 15) is 20.0 Å². The minimum Gasteiger partial charge on any atom is -0.502 e. The van der Waals surface area contributed by atoms with Gasteiger partial charge in [0.1, 0.15) is 4.88 Å². The maximum Gasteiger partial charge on any atom is 0.350 e. The molecule has 0 radical (unpaired) electrons. The van der Waals surface area contributed by atoms with Crippen LogP contribution in [0.2, 0.25) is 0 Å². The molecule has 0 saturated carbocycles. The largest absolute Gasteiger partial charge is 0.502 e. The third-order valence-electron chi connectivity index (χ3n) is 2.83. The van der Waals surface area contributed by atoms with Crippen LogP contribution in [-0.2, 0) is 4.74 Å². The molecule has 1 heterocycles. The van der Waals surface area contributed by atoms with Crippen LogP contribution in [0.3, 0.4) is 0 Å². The number of aromatic hydroxyl groups is 1. The van der Waals surface area contributed by atoms with Crippen LogP contribution in [0.1, 0.15) is 27.9 Å². The summed E-state index contributed by atoms with van der Waals surface area (Å²) < 4.78 is 4.92. The van der Waals surface area contributed by atoms with Crippen molar-refractivity contribution in [3.8, 4) is 5.75 Å². The number of hydrogen-bond acceptors (Lipinski definition) is 9. The van der Waals surface area contributed by atoms with Gasteiger partial charge < -0.3 is 9.84 Å². The predicted molar refractivity (Wildman–Crippen MR) is 88.8 cm³/mol. The number of phenols is 1. The molecule has 0 fully saturated rings. The van der Waals surface area contributed by atoms with Gasteiger partial charge in [0.25, 0.3) is 0 Å². The second-order valence-electron chi connectivity index (χ2n) is 4.53. The number of phenolic OH excluding ortho intramolecular Hbond substituents is 1. The summed E-state index contributed by atoms with van der Waals surface area (Å²) in [4.78, 5) is 26.3. The fraction of sp³-hybridized carbons (Fsp3) is 0.214. The lowest BCUT2D eigenvalue weighted by Crippen LogP contribution is -2.03. The average Bonchev–Trinajstić information content (AvgIpc) is 2.90. The Hall–Kier alpha value is -3.01. The number of nitro groups is 1. The van der Waals surface area contributed by atoms with Gasteiger partial charge in [0.2, 0.25) is 5.13 Å². The molecule has 1 aromatic carbocycles. The fourth-order valence-electron chi connectivity index (χ4n) is 1.76. The maximum atomic E-state index is 11.7. The third kappa shape index (κ3) is 4.04. The van der Waals surface area contributed by atoms with Crippen molar-refractivity contribution in [2.45, 2.75) is 13.8 Å². The number of nitrogens with zero attached hydrogens (tertiary/aromatic N) is 3. The summed E-state index contributed by atoms with van der Waals surface area (Å²) in [6.07, 6.45) is 1.34. The molecule has 1 aromatic heterocycles. The number of nitrogens with one attached hydrogen (secondary N) is 1. The van der Waals surface area contributed by atoms with Gasteiger partial charge in [0, 0.05) is 11.6 Å². The van der Waals surface area contributed by atoms with Gasteiger partial charge in [-0.15, -0.1) is 0 Å². The van der Waals surface area contributed by atoms with Crippen LogP contribution >= 0.6 is 11.3 Å². The van der Waals surface area contributed by atoms with Gasteiger partial charge in [-0.3, -0.25) is 15.5 Å². The Kier molecular flexibility index (Phi) is 5.42. The highest BCUT2D eigenvalue weighted by molar-refractivity contribution is 7.17. The number of nitro benzene ring substituents is 1. The smallest absolute Gasteiger partial charge is 0.350 e. The van der Waals surface area contributed by atoms with Gasteiger partial charge in [0.05, 0.1) is 23.4 Å². The molecule has 0 unspecified atom stereocenters. The monoisotopic (exact) mass is 350 g/mol. The maximum absolute atomic E-state index is 11.7. The quantitative estimate of drug-likeness (QED) is 0.355. The minimum absolute atomic E-state index is 0.275. The Morgan fingerprint density at radius 1 is 1.58 bits per heavy atom. The highest BCUT2D eigenvalue weighted by Crippen LogP contribution is 2.26. The number of carbonyl (C=O) groups excluding carboxylic acids is 1. The second kappa shape index (κ2) is 7.51. The van der Waals surface area contributed by atoms with E-state index in [1.54, 1.807) is 13.8 Å². The SMILES string of the molecule is CCOC(=O)c1sc(N/N=C/c2ccc(O)c([N+](=O)[O-])c2)nc1C. The molecule has 10 heteroatoms. The number of carbonyl (C=O) groups is 1. The van der Waals surface area contributed by atoms with Gasteiger partial charge >= 0.3 is 11.7 Å². The van der Waals surface area contributed by atoms with Crippen molar-refractivity contribution in [3.05, 3.63) is 44.4 Å². The number of aryl methyl sites for hydroxylation is 1. The van der Waals surface area contributed by atoms with Crippen molar-refractivity contribution in [3.63, 3.8) is 0 Å². The zero-order valence-corrected chi connectivity index (χ0v) is 13.7. The van der Waals surface area contributed by atoms with Crippen LogP contribution in [-0.4, -0.2) is 33.8 Å². The number of benzene rings is 1. The zero-order valence-electron chi connectivity index (χ0n) is 12.8. The number of ether oxygens (including phenoxy) is 1. The van der Waals surface area contributed by atoms with Crippen LogP contribution in [0.4, 0.5) is 10.8 Å². The molecule has 0 spiro atoms. The molecule has 2 rings (SSSR count). The molecule has 0 bridgehead atoms. The lowest BCUT2D eigenvalue weighted by Gasteiger charge is -1.98.